The van der Waals surface area contributed by atoms with Crippen LogP contribution in [0.5, 0.6) is 5.75 Å². The lowest BCUT2D eigenvalue weighted by atomic mass is 10.0. The first-order valence-corrected chi connectivity index (χ1v) is 8.31. The third-order valence-electron chi connectivity index (χ3n) is 4.58. The van der Waals surface area contributed by atoms with Crippen LogP contribution in [0.15, 0.2) is 24.3 Å². The Balaban J connectivity index is 2.03. The van der Waals surface area contributed by atoms with Gasteiger partial charge in [0.05, 0.1) is 7.11 Å². The molecule has 1 aliphatic carbocycles. The largest absolute Gasteiger partial charge is 0.497 e. The molecular weight excluding hydrogens is 260 g/mol. The topological polar surface area (TPSA) is 24.5 Å². The highest BCUT2D eigenvalue weighted by Gasteiger charge is 2.26. The summed E-state index contributed by atoms with van der Waals surface area (Å²) in [5.41, 5.74) is 1.33. The molecule has 1 fully saturated rings. The summed E-state index contributed by atoms with van der Waals surface area (Å²) in [5.74, 6) is 0.949. The van der Waals surface area contributed by atoms with Crippen molar-refractivity contribution in [2.24, 2.45) is 0 Å². The van der Waals surface area contributed by atoms with Crippen LogP contribution in [0.25, 0.3) is 0 Å². The summed E-state index contributed by atoms with van der Waals surface area (Å²) in [7, 11) is 4.00. The third-order valence-corrected chi connectivity index (χ3v) is 4.58. The molecule has 1 aromatic rings. The van der Waals surface area contributed by atoms with Gasteiger partial charge in [0, 0.05) is 18.6 Å². The molecule has 118 valence electrons. The first-order chi connectivity index (χ1) is 10.2. The Labute approximate surface area is 129 Å². The molecule has 1 aliphatic rings. The fourth-order valence-electron chi connectivity index (χ4n) is 3.49. The van der Waals surface area contributed by atoms with Crippen molar-refractivity contribution in [3.8, 4) is 5.75 Å². The van der Waals surface area contributed by atoms with Gasteiger partial charge in [-0.2, -0.15) is 0 Å². The molecule has 0 heterocycles. The van der Waals surface area contributed by atoms with Crippen molar-refractivity contribution in [1.29, 1.82) is 0 Å². The minimum absolute atomic E-state index is 0.633. The molecule has 0 aromatic heterocycles. The summed E-state index contributed by atoms with van der Waals surface area (Å²) in [6.45, 7) is 4.27. The molecule has 3 heteroatoms. The second-order valence-corrected chi connectivity index (χ2v) is 6.14. The van der Waals surface area contributed by atoms with Crippen LogP contribution >= 0.6 is 0 Å². The van der Waals surface area contributed by atoms with Crippen LogP contribution in [0.4, 0.5) is 0 Å². The zero-order valence-corrected chi connectivity index (χ0v) is 13.8. The number of nitrogens with one attached hydrogen (secondary N) is 1. The van der Waals surface area contributed by atoms with Gasteiger partial charge in [0.1, 0.15) is 5.75 Å². The summed E-state index contributed by atoms with van der Waals surface area (Å²) in [4.78, 5) is 2.52. The average molecular weight is 290 g/mol. The molecular formula is C18H30N2O. The van der Waals surface area contributed by atoms with Crippen molar-refractivity contribution < 1.29 is 4.74 Å². The summed E-state index contributed by atoms with van der Waals surface area (Å²) in [6, 6.07) is 9.70. The fourth-order valence-corrected chi connectivity index (χ4v) is 3.49. The van der Waals surface area contributed by atoms with Gasteiger partial charge in [-0.25, -0.2) is 0 Å². The molecule has 0 spiro atoms. The minimum Gasteiger partial charge on any atom is -0.497 e. The standard InChI is InChI=1S/C18H30N2O/c1-4-19-17-11-6-5-7-12-18(17)20(2)14-15-9-8-10-16(13-15)21-3/h8-10,13,17-19H,4-7,11-12,14H2,1-3H3. The van der Waals surface area contributed by atoms with Gasteiger partial charge < -0.3 is 10.1 Å². The molecule has 2 rings (SSSR count). The van der Waals surface area contributed by atoms with E-state index in [-0.39, 0.29) is 0 Å². The highest BCUT2D eigenvalue weighted by molar-refractivity contribution is 5.28. The molecule has 21 heavy (non-hydrogen) atoms. The Kier molecular flexibility index (Phi) is 6.52. The fraction of sp³-hybridized carbons (Fsp3) is 0.667. The highest BCUT2D eigenvalue weighted by atomic mass is 16.5. The van der Waals surface area contributed by atoms with Crippen LogP contribution < -0.4 is 10.1 Å². The highest BCUT2D eigenvalue weighted by Crippen LogP contribution is 2.24. The minimum atomic E-state index is 0.633. The molecule has 0 saturated heterocycles. The van der Waals surface area contributed by atoms with E-state index in [2.05, 4.69) is 42.4 Å². The first kappa shape index (κ1) is 16.3. The van der Waals surface area contributed by atoms with Gasteiger partial charge in [-0.15, -0.1) is 0 Å². The summed E-state index contributed by atoms with van der Waals surface area (Å²) < 4.78 is 5.33. The number of methoxy groups -OCH3 is 1. The maximum absolute atomic E-state index is 5.33. The van der Waals surface area contributed by atoms with Gasteiger partial charge in [0.25, 0.3) is 0 Å². The zero-order valence-electron chi connectivity index (χ0n) is 13.8. The van der Waals surface area contributed by atoms with Crippen molar-refractivity contribution in [3.05, 3.63) is 29.8 Å². The molecule has 0 amide bonds. The second-order valence-electron chi connectivity index (χ2n) is 6.14. The van der Waals surface area contributed by atoms with E-state index < -0.39 is 0 Å². The van der Waals surface area contributed by atoms with E-state index in [9.17, 15) is 0 Å². The molecule has 1 N–H and O–H groups in total. The lowest BCUT2D eigenvalue weighted by molar-refractivity contribution is 0.175. The van der Waals surface area contributed by atoms with Crippen LogP contribution in [0.3, 0.4) is 0 Å². The second kappa shape index (κ2) is 8.40. The van der Waals surface area contributed by atoms with E-state index in [4.69, 9.17) is 4.74 Å². The zero-order chi connectivity index (χ0) is 15.1. The van der Waals surface area contributed by atoms with Crippen LogP contribution in [0.1, 0.15) is 44.6 Å². The van der Waals surface area contributed by atoms with Crippen LogP contribution in [-0.2, 0) is 6.54 Å². The number of nitrogens with zero attached hydrogens (tertiary/aromatic N) is 1. The Morgan fingerprint density at radius 2 is 2.05 bits per heavy atom. The van der Waals surface area contributed by atoms with Crippen molar-refractivity contribution in [2.45, 2.75) is 57.7 Å². The van der Waals surface area contributed by atoms with Gasteiger partial charge >= 0.3 is 0 Å². The number of ether oxygens (including phenoxy) is 1. The Morgan fingerprint density at radius 1 is 1.24 bits per heavy atom. The summed E-state index contributed by atoms with van der Waals surface area (Å²) >= 11 is 0. The van der Waals surface area contributed by atoms with Crippen LogP contribution in [-0.4, -0.2) is 37.7 Å². The Hall–Kier alpha value is -1.06. The van der Waals surface area contributed by atoms with E-state index in [0.29, 0.717) is 12.1 Å². The lowest BCUT2D eigenvalue weighted by Gasteiger charge is -2.34. The van der Waals surface area contributed by atoms with Gasteiger partial charge in [-0.3, -0.25) is 4.90 Å². The normalized spacial score (nSPS) is 23.0. The van der Waals surface area contributed by atoms with E-state index in [1.54, 1.807) is 7.11 Å². The summed E-state index contributed by atoms with van der Waals surface area (Å²) in [5, 5.41) is 3.70. The van der Waals surface area contributed by atoms with E-state index >= 15 is 0 Å². The quantitative estimate of drug-likeness (QED) is 0.812. The van der Waals surface area contributed by atoms with Crippen molar-refractivity contribution >= 4 is 0 Å². The molecule has 3 nitrogen and oxygen atoms in total. The van der Waals surface area contributed by atoms with Crippen molar-refractivity contribution in [2.75, 3.05) is 20.7 Å². The van der Waals surface area contributed by atoms with Gasteiger partial charge in [-0.1, -0.05) is 38.3 Å². The molecule has 0 radical (unpaired) electrons. The number of hydrogen-bond donors (Lipinski definition) is 1. The first-order valence-electron chi connectivity index (χ1n) is 8.31. The number of benzene rings is 1. The third kappa shape index (κ3) is 4.72. The van der Waals surface area contributed by atoms with E-state index in [0.717, 1.165) is 18.8 Å². The smallest absolute Gasteiger partial charge is 0.119 e. The van der Waals surface area contributed by atoms with E-state index in [1.165, 1.54) is 37.7 Å². The Bertz CT molecular complexity index is 421. The lowest BCUT2D eigenvalue weighted by Crippen LogP contribution is -2.47. The molecule has 1 aromatic carbocycles. The maximum atomic E-state index is 5.33. The monoisotopic (exact) mass is 290 g/mol. The number of hydrogen-bond acceptors (Lipinski definition) is 3. The molecule has 2 unspecified atom stereocenters. The van der Waals surface area contributed by atoms with E-state index in [1.807, 2.05) is 6.07 Å². The number of rotatable bonds is 6. The molecule has 0 aliphatic heterocycles. The molecule has 0 bridgehead atoms. The van der Waals surface area contributed by atoms with Crippen LogP contribution in [0, 0.1) is 0 Å². The van der Waals surface area contributed by atoms with Crippen LogP contribution in [0.2, 0.25) is 0 Å². The average Bonchev–Trinajstić information content (AvgIpc) is 2.73. The maximum Gasteiger partial charge on any atom is 0.119 e. The van der Waals surface area contributed by atoms with Gasteiger partial charge in [-0.05, 0) is 44.1 Å². The van der Waals surface area contributed by atoms with Gasteiger partial charge in [0.2, 0.25) is 0 Å². The summed E-state index contributed by atoms with van der Waals surface area (Å²) in [6.07, 6.45) is 6.71. The SMILES string of the molecule is CCNC1CCCCCC1N(C)Cc1cccc(OC)c1. The van der Waals surface area contributed by atoms with Crippen molar-refractivity contribution in [3.63, 3.8) is 0 Å². The number of likely N-dealkylation sites (N-methyl/N-ethyl adjacent to an activating group) is 2. The predicted octanol–water partition coefficient (Wildman–Crippen LogP) is 3.44. The Morgan fingerprint density at radius 3 is 2.81 bits per heavy atom. The van der Waals surface area contributed by atoms with Gasteiger partial charge in [0.15, 0.2) is 0 Å². The molecule has 1 saturated carbocycles. The van der Waals surface area contributed by atoms with Crippen molar-refractivity contribution in [1.82, 2.24) is 10.2 Å². The molecule has 2 atom stereocenters. The predicted molar refractivity (Wildman–Crippen MR) is 88.8 cm³/mol.